The molecule has 0 aromatic carbocycles. The zero-order valence-corrected chi connectivity index (χ0v) is 13.4. The number of aryl methyl sites for hydroxylation is 1. The number of hydrogen-bond donors (Lipinski definition) is 0. The molecule has 0 bridgehead atoms. The van der Waals surface area contributed by atoms with Gasteiger partial charge in [0.1, 0.15) is 23.0 Å². The van der Waals surface area contributed by atoms with E-state index in [1.807, 2.05) is 27.1 Å². The molecule has 0 saturated carbocycles. The van der Waals surface area contributed by atoms with Gasteiger partial charge in [-0.05, 0) is 13.8 Å². The molecule has 1 aromatic rings. The fraction of sp³-hybridized carbons (Fsp3) is 0.500. The third-order valence-electron chi connectivity index (χ3n) is 2.75. The standard InChI is InChI=1S/C14H20N4O2S/c1-5-6-19-16-12(11-8-15-18(4)9-11)10-21-13-7-14(2,3)20-17-13/h5,8-9H,1,6-7,10H2,2-4H3. The summed E-state index contributed by atoms with van der Waals surface area (Å²) in [6.07, 6.45) is 6.15. The van der Waals surface area contributed by atoms with E-state index in [-0.39, 0.29) is 5.60 Å². The molecule has 2 heterocycles. The van der Waals surface area contributed by atoms with Crippen LogP contribution in [0.2, 0.25) is 0 Å². The number of aromatic nitrogens is 2. The maximum absolute atomic E-state index is 5.36. The van der Waals surface area contributed by atoms with Crippen molar-refractivity contribution < 1.29 is 9.68 Å². The number of oxime groups is 2. The van der Waals surface area contributed by atoms with Crippen molar-refractivity contribution in [3.63, 3.8) is 0 Å². The molecule has 0 unspecified atom stereocenters. The summed E-state index contributed by atoms with van der Waals surface area (Å²) >= 11 is 1.61. The van der Waals surface area contributed by atoms with Crippen LogP contribution < -0.4 is 0 Å². The molecule has 114 valence electrons. The smallest absolute Gasteiger partial charge is 0.138 e. The van der Waals surface area contributed by atoms with Gasteiger partial charge in [0.05, 0.1) is 6.20 Å². The predicted molar refractivity (Wildman–Crippen MR) is 85.6 cm³/mol. The fourth-order valence-electron chi connectivity index (χ4n) is 1.73. The van der Waals surface area contributed by atoms with Crippen molar-refractivity contribution in [2.45, 2.75) is 25.9 Å². The Morgan fingerprint density at radius 2 is 2.48 bits per heavy atom. The molecule has 7 heteroatoms. The van der Waals surface area contributed by atoms with E-state index >= 15 is 0 Å². The minimum atomic E-state index is -0.215. The number of thioether (sulfide) groups is 1. The molecule has 1 aromatic heterocycles. The first-order valence-corrected chi connectivity index (χ1v) is 7.65. The van der Waals surface area contributed by atoms with Crippen LogP contribution in [-0.2, 0) is 16.7 Å². The number of nitrogens with zero attached hydrogens (tertiary/aromatic N) is 4. The third-order valence-corrected chi connectivity index (χ3v) is 3.72. The molecule has 0 spiro atoms. The molecule has 0 N–H and O–H groups in total. The molecule has 0 saturated heterocycles. The molecule has 0 atom stereocenters. The first-order valence-electron chi connectivity index (χ1n) is 6.67. The summed E-state index contributed by atoms with van der Waals surface area (Å²) in [5.41, 5.74) is 1.54. The Kier molecular flexibility index (Phi) is 5.06. The Labute approximate surface area is 128 Å². The zero-order chi connectivity index (χ0) is 15.3. The Morgan fingerprint density at radius 1 is 1.67 bits per heavy atom. The molecule has 0 radical (unpaired) electrons. The van der Waals surface area contributed by atoms with Crippen LogP contribution in [0, 0.1) is 0 Å². The SMILES string of the molecule is C=CCON=C(CSC1=NOC(C)(C)C1)c1cnn(C)c1. The van der Waals surface area contributed by atoms with Crippen molar-refractivity contribution in [1.29, 1.82) is 0 Å². The van der Waals surface area contributed by atoms with E-state index < -0.39 is 0 Å². The lowest BCUT2D eigenvalue weighted by atomic mass is 10.1. The van der Waals surface area contributed by atoms with E-state index in [2.05, 4.69) is 22.0 Å². The van der Waals surface area contributed by atoms with Gasteiger partial charge < -0.3 is 9.68 Å². The van der Waals surface area contributed by atoms with Gasteiger partial charge >= 0.3 is 0 Å². The largest absolute Gasteiger partial charge is 0.391 e. The van der Waals surface area contributed by atoms with Crippen LogP contribution in [0.5, 0.6) is 0 Å². The van der Waals surface area contributed by atoms with Gasteiger partial charge in [0.15, 0.2) is 0 Å². The van der Waals surface area contributed by atoms with Gasteiger partial charge in [-0.2, -0.15) is 5.10 Å². The highest BCUT2D eigenvalue weighted by molar-refractivity contribution is 8.14. The molecule has 0 fully saturated rings. The van der Waals surface area contributed by atoms with Gasteiger partial charge in [-0.25, -0.2) is 0 Å². The minimum absolute atomic E-state index is 0.215. The first-order chi connectivity index (χ1) is 10.00. The van der Waals surface area contributed by atoms with Crippen LogP contribution in [0.4, 0.5) is 0 Å². The van der Waals surface area contributed by atoms with Crippen molar-refractivity contribution in [1.82, 2.24) is 9.78 Å². The van der Waals surface area contributed by atoms with Crippen LogP contribution in [-0.4, -0.2) is 38.5 Å². The Morgan fingerprint density at radius 3 is 3.05 bits per heavy atom. The summed E-state index contributed by atoms with van der Waals surface area (Å²) in [5, 5.41) is 13.4. The molecule has 1 aliphatic heterocycles. The monoisotopic (exact) mass is 308 g/mol. The van der Waals surface area contributed by atoms with Crippen LogP contribution in [0.1, 0.15) is 25.8 Å². The molecular weight excluding hydrogens is 288 g/mol. The van der Waals surface area contributed by atoms with Gasteiger partial charge in [-0.3, -0.25) is 4.68 Å². The van der Waals surface area contributed by atoms with Crippen LogP contribution in [0.15, 0.2) is 35.4 Å². The normalized spacial score (nSPS) is 17.3. The Bertz CT molecular complexity index is 563. The van der Waals surface area contributed by atoms with Gasteiger partial charge in [0.25, 0.3) is 0 Å². The number of hydrogen-bond acceptors (Lipinski definition) is 6. The maximum atomic E-state index is 5.36. The quantitative estimate of drug-likeness (QED) is 0.351. The van der Waals surface area contributed by atoms with Gasteiger partial charge in [0.2, 0.25) is 0 Å². The number of rotatable bonds is 6. The summed E-state index contributed by atoms with van der Waals surface area (Å²) in [7, 11) is 1.87. The van der Waals surface area contributed by atoms with E-state index in [0.717, 1.165) is 22.7 Å². The van der Waals surface area contributed by atoms with E-state index in [4.69, 9.17) is 9.68 Å². The maximum Gasteiger partial charge on any atom is 0.138 e. The van der Waals surface area contributed by atoms with Gasteiger partial charge in [0, 0.05) is 31.0 Å². The van der Waals surface area contributed by atoms with Crippen molar-refractivity contribution in [2.75, 3.05) is 12.4 Å². The second-order valence-corrected chi connectivity index (χ2v) is 6.38. The lowest BCUT2D eigenvalue weighted by Gasteiger charge is -2.13. The zero-order valence-electron chi connectivity index (χ0n) is 12.6. The van der Waals surface area contributed by atoms with Crippen molar-refractivity contribution in [2.24, 2.45) is 17.4 Å². The van der Waals surface area contributed by atoms with E-state index in [0.29, 0.717) is 12.4 Å². The second kappa shape index (κ2) is 6.80. The van der Waals surface area contributed by atoms with E-state index in [9.17, 15) is 0 Å². The van der Waals surface area contributed by atoms with Crippen LogP contribution >= 0.6 is 11.8 Å². The molecule has 0 amide bonds. The van der Waals surface area contributed by atoms with E-state index in [1.54, 1.807) is 28.7 Å². The lowest BCUT2D eigenvalue weighted by Crippen LogP contribution is -2.18. The summed E-state index contributed by atoms with van der Waals surface area (Å²) in [5.74, 6) is 0.654. The highest BCUT2D eigenvalue weighted by atomic mass is 32.2. The highest BCUT2D eigenvalue weighted by Gasteiger charge is 2.29. The Hall–Kier alpha value is -1.76. The molecule has 2 rings (SSSR count). The van der Waals surface area contributed by atoms with Crippen LogP contribution in [0.25, 0.3) is 0 Å². The summed E-state index contributed by atoms with van der Waals surface area (Å²) < 4.78 is 1.74. The minimum Gasteiger partial charge on any atom is -0.391 e. The van der Waals surface area contributed by atoms with Crippen molar-refractivity contribution in [3.8, 4) is 0 Å². The molecular formula is C14H20N4O2S. The molecule has 6 nitrogen and oxygen atoms in total. The van der Waals surface area contributed by atoms with Crippen LogP contribution in [0.3, 0.4) is 0 Å². The van der Waals surface area contributed by atoms with Gasteiger partial charge in [-0.1, -0.05) is 23.0 Å². The Balaban J connectivity index is 2.00. The van der Waals surface area contributed by atoms with Crippen molar-refractivity contribution in [3.05, 3.63) is 30.6 Å². The predicted octanol–water partition coefficient (Wildman–Crippen LogP) is 2.57. The highest BCUT2D eigenvalue weighted by Crippen LogP contribution is 2.27. The summed E-state index contributed by atoms with van der Waals surface area (Å²) in [4.78, 5) is 10.6. The third kappa shape index (κ3) is 4.63. The average Bonchev–Trinajstić information content (AvgIpc) is 3.00. The molecule has 1 aliphatic rings. The van der Waals surface area contributed by atoms with Crippen molar-refractivity contribution >= 4 is 22.5 Å². The summed E-state index contributed by atoms with van der Waals surface area (Å²) in [6.45, 7) is 8.03. The first kappa shape index (κ1) is 15.6. The topological polar surface area (TPSA) is 61.0 Å². The summed E-state index contributed by atoms with van der Waals surface area (Å²) in [6, 6.07) is 0. The van der Waals surface area contributed by atoms with Gasteiger partial charge in [-0.15, -0.1) is 11.8 Å². The second-order valence-electron chi connectivity index (χ2n) is 5.33. The lowest BCUT2D eigenvalue weighted by molar-refractivity contribution is 0.0123. The average molecular weight is 308 g/mol. The van der Waals surface area contributed by atoms with E-state index in [1.165, 1.54) is 0 Å². The molecule has 21 heavy (non-hydrogen) atoms. The fourth-order valence-corrected chi connectivity index (χ4v) is 2.80. The molecule has 0 aliphatic carbocycles.